The summed E-state index contributed by atoms with van der Waals surface area (Å²) >= 11 is 5.87. The molecule has 0 spiro atoms. The third-order valence-electron chi connectivity index (χ3n) is 5.81. The van der Waals surface area contributed by atoms with Gasteiger partial charge in [0.15, 0.2) is 0 Å². The second-order valence-corrected chi connectivity index (χ2v) is 8.50. The molecule has 0 aliphatic carbocycles. The number of hydrogen-bond donors (Lipinski definition) is 2. The number of pyridine rings is 1. The third-order valence-corrected chi connectivity index (χ3v) is 6.04. The Labute approximate surface area is 194 Å². The Morgan fingerprint density at radius 1 is 0.969 bits per heavy atom. The number of aryl methyl sites for hydroxylation is 2. The van der Waals surface area contributed by atoms with Gasteiger partial charge in [-0.2, -0.15) is 0 Å². The second kappa shape index (κ2) is 10.4. The van der Waals surface area contributed by atoms with Gasteiger partial charge in [0.05, 0.1) is 5.02 Å². The molecule has 164 valence electrons. The minimum atomic E-state index is -0.180. The summed E-state index contributed by atoms with van der Waals surface area (Å²) in [6.07, 6.45) is 6.68. The van der Waals surface area contributed by atoms with Crippen LogP contribution in [0.1, 0.15) is 46.3 Å². The van der Waals surface area contributed by atoms with E-state index in [1.54, 1.807) is 12.1 Å². The molecule has 0 bridgehead atoms. The zero-order chi connectivity index (χ0) is 22.3. The number of halogens is 1. The second-order valence-electron chi connectivity index (χ2n) is 8.07. The summed E-state index contributed by atoms with van der Waals surface area (Å²) in [4.78, 5) is 19.1. The number of nitrogens with one attached hydrogen (secondary N) is 2. The fourth-order valence-electron chi connectivity index (χ4n) is 4.00. The summed E-state index contributed by atoms with van der Waals surface area (Å²) in [6, 6.07) is 19.3. The molecule has 0 saturated carbocycles. The number of anilines is 1. The average Bonchev–Trinajstić information content (AvgIpc) is 2.85. The zero-order valence-corrected chi connectivity index (χ0v) is 18.7. The van der Waals surface area contributed by atoms with Crippen LogP contribution < -0.4 is 5.32 Å². The molecule has 2 N–H and O–H groups in total. The predicted octanol–water partition coefficient (Wildman–Crippen LogP) is 5.58. The van der Waals surface area contributed by atoms with Crippen molar-refractivity contribution in [2.75, 3.05) is 18.4 Å². The lowest BCUT2D eigenvalue weighted by Gasteiger charge is -2.29. The predicted molar refractivity (Wildman–Crippen MR) is 130 cm³/mol. The van der Waals surface area contributed by atoms with Crippen molar-refractivity contribution >= 4 is 29.2 Å². The van der Waals surface area contributed by atoms with Gasteiger partial charge in [-0.3, -0.25) is 10.2 Å². The van der Waals surface area contributed by atoms with E-state index in [9.17, 15) is 4.79 Å². The van der Waals surface area contributed by atoms with E-state index in [0.29, 0.717) is 22.2 Å². The van der Waals surface area contributed by atoms with Crippen LogP contribution in [0.3, 0.4) is 0 Å². The van der Waals surface area contributed by atoms with Gasteiger partial charge in [-0.05, 0) is 61.4 Å². The lowest BCUT2D eigenvalue weighted by atomic mass is 9.98. The molecule has 5 nitrogen and oxygen atoms in total. The summed E-state index contributed by atoms with van der Waals surface area (Å²) in [5.41, 5.74) is 3.79. The molecule has 1 aliphatic heterocycles. The van der Waals surface area contributed by atoms with Crippen molar-refractivity contribution < 1.29 is 4.79 Å². The molecule has 1 fully saturated rings. The van der Waals surface area contributed by atoms with Gasteiger partial charge in [0, 0.05) is 30.4 Å². The Kier molecular flexibility index (Phi) is 7.17. The number of likely N-dealkylation sites (tertiary alicyclic amines) is 1. The molecular formula is C26H27ClN4O. The third kappa shape index (κ3) is 5.54. The van der Waals surface area contributed by atoms with Gasteiger partial charge in [0.1, 0.15) is 11.7 Å². The van der Waals surface area contributed by atoms with Crippen LogP contribution in [0.5, 0.6) is 0 Å². The molecule has 3 aromatic rings. The highest BCUT2D eigenvalue weighted by atomic mass is 35.5. The summed E-state index contributed by atoms with van der Waals surface area (Å²) in [5.74, 6) is 0.913. The zero-order valence-electron chi connectivity index (χ0n) is 18.0. The smallest absolute Gasteiger partial charge is 0.257 e. The Balaban J connectivity index is 1.39. The largest absolute Gasteiger partial charge is 0.357 e. The minimum absolute atomic E-state index is 0.180. The van der Waals surface area contributed by atoms with Crippen molar-refractivity contribution in [3.8, 4) is 0 Å². The van der Waals surface area contributed by atoms with Crippen molar-refractivity contribution in [3.05, 3.63) is 94.1 Å². The fourth-order valence-corrected chi connectivity index (χ4v) is 4.11. The molecule has 2 heterocycles. The first-order valence-electron chi connectivity index (χ1n) is 11.0. The number of hydrogen-bond acceptors (Lipinski definition) is 3. The van der Waals surface area contributed by atoms with Crippen molar-refractivity contribution in [2.45, 2.75) is 32.1 Å². The molecule has 0 radical (unpaired) electrons. The first-order chi connectivity index (χ1) is 15.6. The topological polar surface area (TPSA) is 69.1 Å². The number of benzene rings is 2. The van der Waals surface area contributed by atoms with Crippen LogP contribution in [-0.4, -0.2) is 34.7 Å². The fraction of sp³-hybridized carbons (Fsp3) is 0.269. The molecule has 0 atom stereocenters. The standard InChI is InChI=1S/C26H27ClN4O/c27-22-14-15-24(29-18-22)30-26(32)23-7-3-2-6-20(23)11-8-19-9-12-21(13-10-19)25(28)31-16-4-1-5-17-31/h2-3,6-7,9-10,12-15,18,28H,1,4-5,8,11,16-17H2,(H,29,30,32). The van der Waals surface area contributed by atoms with Crippen molar-refractivity contribution in [1.29, 1.82) is 5.41 Å². The van der Waals surface area contributed by atoms with E-state index < -0.39 is 0 Å². The molecule has 1 aromatic heterocycles. The number of piperidine rings is 1. The lowest BCUT2D eigenvalue weighted by molar-refractivity contribution is 0.102. The lowest BCUT2D eigenvalue weighted by Crippen LogP contribution is -2.35. The Hall–Kier alpha value is -3.18. The molecule has 1 aliphatic rings. The van der Waals surface area contributed by atoms with Gasteiger partial charge in [0.25, 0.3) is 5.91 Å². The summed E-state index contributed by atoms with van der Waals surface area (Å²) < 4.78 is 0. The molecule has 32 heavy (non-hydrogen) atoms. The number of nitrogens with zero attached hydrogens (tertiary/aromatic N) is 2. The van der Waals surface area contributed by atoms with E-state index in [-0.39, 0.29) is 5.91 Å². The van der Waals surface area contributed by atoms with Gasteiger partial charge in [-0.15, -0.1) is 0 Å². The van der Waals surface area contributed by atoms with Crippen LogP contribution in [0.15, 0.2) is 66.9 Å². The van der Waals surface area contributed by atoms with Crippen LogP contribution in [0.2, 0.25) is 5.02 Å². The van der Waals surface area contributed by atoms with Crippen molar-refractivity contribution in [2.24, 2.45) is 0 Å². The van der Waals surface area contributed by atoms with Gasteiger partial charge < -0.3 is 10.2 Å². The molecule has 4 rings (SSSR count). The maximum Gasteiger partial charge on any atom is 0.257 e. The monoisotopic (exact) mass is 446 g/mol. The van der Waals surface area contributed by atoms with E-state index in [1.165, 1.54) is 31.0 Å². The number of aromatic nitrogens is 1. The molecule has 1 saturated heterocycles. The number of amides is 1. The quantitative estimate of drug-likeness (QED) is 0.383. The van der Waals surface area contributed by atoms with E-state index in [0.717, 1.165) is 37.1 Å². The SMILES string of the molecule is N=C(c1ccc(CCc2ccccc2C(=O)Nc2ccc(Cl)cn2)cc1)N1CCCCC1. The molecule has 6 heteroatoms. The Morgan fingerprint density at radius 2 is 1.72 bits per heavy atom. The highest BCUT2D eigenvalue weighted by Gasteiger charge is 2.15. The van der Waals surface area contributed by atoms with Crippen LogP contribution in [0, 0.1) is 5.41 Å². The van der Waals surface area contributed by atoms with Crippen molar-refractivity contribution in [3.63, 3.8) is 0 Å². The van der Waals surface area contributed by atoms with E-state index in [1.807, 2.05) is 36.4 Å². The van der Waals surface area contributed by atoms with E-state index in [2.05, 4.69) is 27.3 Å². The highest BCUT2D eigenvalue weighted by molar-refractivity contribution is 6.30. The first-order valence-corrected chi connectivity index (χ1v) is 11.4. The number of rotatable bonds is 6. The normalized spacial score (nSPS) is 13.6. The number of carbonyl (C=O) groups excluding carboxylic acids is 1. The van der Waals surface area contributed by atoms with E-state index in [4.69, 9.17) is 17.0 Å². The maximum absolute atomic E-state index is 12.8. The average molecular weight is 447 g/mol. The van der Waals surface area contributed by atoms with Crippen LogP contribution >= 0.6 is 11.6 Å². The number of carbonyl (C=O) groups is 1. The molecular weight excluding hydrogens is 420 g/mol. The summed E-state index contributed by atoms with van der Waals surface area (Å²) in [6.45, 7) is 1.95. The van der Waals surface area contributed by atoms with Crippen LogP contribution in [0.4, 0.5) is 5.82 Å². The molecule has 2 aromatic carbocycles. The Morgan fingerprint density at radius 3 is 2.44 bits per heavy atom. The van der Waals surface area contributed by atoms with Gasteiger partial charge in [0.2, 0.25) is 0 Å². The minimum Gasteiger partial charge on any atom is -0.357 e. The Bertz CT molecular complexity index is 1070. The van der Waals surface area contributed by atoms with Gasteiger partial charge >= 0.3 is 0 Å². The maximum atomic E-state index is 12.8. The van der Waals surface area contributed by atoms with Gasteiger partial charge in [-0.1, -0.05) is 54.1 Å². The highest BCUT2D eigenvalue weighted by Crippen LogP contribution is 2.18. The molecule has 1 amide bonds. The summed E-state index contributed by atoms with van der Waals surface area (Å²) in [5, 5.41) is 11.8. The molecule has 0 unspecified atom stereocenters. The van der Waals surface area contributed by atoms with Crippen LogP contribution in [-0.2, 0) is 12.8 Å². The number of amidine groups is 1. The van der Waals surface area contributed by atoms with Gasteiger partial charge in [-0.25, -0.2) is 4.98 Å². The van der Waals surface area contributed by atoms with Crippen molar-refractivity contribution in [1.82, 2.24) is 9.88 Å². The van der Waals surface area contributed by atoms with Crippen LogP contribution in [0.25, 0.3) is 0 Å². The van der Waals surface area contributed by atoms with E-state index >= 15 is 0 Å². The first kappa shape index (κ1) is 22.0. The summed E-state index contributed by atoms with van der Waals surface area (Å²) in [7, 11) is 0.